The Morgan fingerprint density at radius 2 is 1.96 bits per heavy atom. The Bertz CT molecular complexity index is 538. The van der Waals surface area contributed by atoms with Crippen LogP contribution in [-0.2, 0) is 6.54 Å². The SMILES string of the molecule is CCOc1cc(C)ccc1CNC(=NC)NCC(C)(C)CN(C)C. The number of rotatable bonds is 8. The standard InChI is InChI=1S/C19H34N4O/c1-8-24-17-11-15(2)9-10-16(17)12-21-18(20-5)22-13-19(3,4)14-23(6)7/h9-11H,8,12-14H2,1-7H3,(H2,20,21,22). The van der Waals surface area contributed by atoms with Gasteiger partial charge in [0.25, 0.3) is 0 Å². The van der Waals surface area contributed by atoms with E-state index in [0.717, 1.165) is 30.4 Å². The van der Waals surface area contributed by atoms with Crippen LogP contribution < -0.4 is 15.4 Å². The summed E-state index contributed by atoms with van der Waals surface area (Å²) in [5, 5.41) is 6.79. The molecule has 0 radical (unpaired) electrons. The third kappa shape index (κ3) is 7.21. The van der Waals surface area contributed by atoms with Crippen LogP contribution in [0.25, 0.3) is 0 Å². The zero-order valence-corrected chi connectivity index (χ0v) is 16.4. The van der Waals surface area contributed by atoms with Crippen molar-refractivity contribution in [2.24, 2.45) is 10.4 Å². The topological polar surface area (TPSA) is 48.9 Å². The largest absolute Gasteiger partial charge is 0.494 e. The van der Waals surface area contributed by atoms with Crippen LogP contribution >= 0.6 is 0 Å². The molecule has 0 aromatic heterocycles. The smallest absolute Gasteiger partial charge is 0.191 e. The molecule has 0 atom stereocenters. The summed E-state index contributed by atoms with van der Waals surface area (Å²) in [6.07, 6.45) is 0. The lowest BCUT2D eigenvalue weighted by molar-refractivity contribution is 0.241. The fourth-order valence-corrected chi connectivity index (χ4v) is 2.73. The Kier molecular flexibility index (Phi) is 8.05. The lowest BCUT2D eigenvalue weighted by Gasteiger charge is -2.29. The van der Waals surface area contributed by atoms with Gasteiger partial charge in [0.1, 0.15) is 5.75 Å². The van der Waals surface area contributed by atoms with Crippen molar-refractivity contribution >= 4 is 5.96 Å². The van der Waals surface area contributed by atoms with Crippen molar-refractivity contribution in [1.82, 2.24) is 15.5 Å². The average Bonchev–Trinajstić information content (AvgIpc) is 2.48. The Morgan fingerprint density at radius 1 is 1.25 bits per heavy atom. The molecule has 1 aromatic carbocycles. The van der Waals surface area contributed by atoms with Crippen molar-refractivity contribution in [1.29, 1.82) is 0 Å². The highest BCUT2D eigenvalue weighted by Gasteiger charge is 2.19. The van der Waals surface area contributed by atoms with Crippen molar-refractivity contribution in [3.8, 4) is 5.75 Å². The summed E-state index contributed by atoms with van der Waals surface area (Å²) in [6.45, 7) is 11.8. The second kappa shape index (κ2) is 9.52. The summed E-state index contributed by atoms with van der Waals surface area (Å²) in [5.74, 6) is 1.75. The monoisotopic (exact) mass is 334 g/mol. The van der Waals surface area contributed by atoms with Crippen molar-refractivity contribution in [2.45, 2.75) is 34.2 Å². The van der Waals surface area contributed by atoms with Crippen molar-refractivity contribution < 1.29 is 4.74 Å². The van der Waals surface area contributed by atoms with E-state index in [1.165, 1.54) is 5.56 Å². The summed E-state index contributed by atoms with van der Waals surface area (Å²) < 4.78 is 5.74. The Labute approximate surface area is 147 Å². The van der Waals surface area contributed by atoms with Gasteiger partial charge in [-0.25, -0.2) is 0 Å². The Morgan fingerprint density at radius 3 is 2.54 bits per heavy atom. The number of aryl methyl sites for hydroxylation is 1. The van der Waals surface area contributed by atoms with Crippen LogP contribution in [-0.4, -0.2) is 51.7 Å². The predicted octanol–water partition coefficient (Wildman–Crippen LogP) is 2.65. The number of nitrogens with zero attached hydrogens (tertiary/aromatic N) is 2. The molecular formula is C19H34N4O. The molecule has 1 aromatic rings. The maximum Gasteiger partial charge on any atom is 0.191 e. The van der Waals surface area contributed by atoms with Crippen LogP contribution in [0, 0.1) is 12.3 Å². The van der Waals surface area contributed by atoms with Crippen molar-refractivity contribution in [2.75, 3.05) is 40.8 Å². The highest BCUT2D eigenvalue weighted by atomic mass is 16.5. The van der Waals surface area contributed by atoms with Crippen LogP contribution in [0.4, 0.5) is 0 Å². The molecule has 2 N–H and O–H groups in total. The first-order valence-electron chi connectivity index (χ1n) is 8.59. The number of guanidine groups is 1. The van der Waals surface area contributed by atoms with Gasteiger partial charge in [-0.3, -0.25) is 4.99 Å². The second-order valence-electron chi connectivity index (χ2n) is 7.23. The molecular weight excluding hydrogens is 300 g/mol. The lowest BCUT2D eigenvalue weighted by Crippen LogP contribution is -2.44. The fraction of sp³-hybridized carbons (Fsp3) is 0.632. The number of aliphatic imine (C=N–C) groups is 1. The molecule has 0 heterocycles. The number of benzene rings is 1. The molecule has 0 aliphatic heterocycles. The minimum atomic E-state index is 0.168. The van der Waals surface area contributed by atoms with E-state index in [1.807, 2.05) is 6.92 Å². The quantitative estimate of drug-likeness (QED) is 0.567. The molecule has 0 aliphatic rings. The van der Waals surface area contributed by atoms with Gasteiger partial charge in [0, 0.05) is 32.2 Å². The summed E-state index contributed by atoms with van der Waals surface area (Å²) >= 11 is 0. The van der Waals surface area contributed by atoms with Crippen molar-refractivity contribution in [3.63, 3.8) is 0 Å². The molecule has 5 nitrogen and oxygen atoms in total. The molecule has 0 unspecified atom stereocenters. The molecule has 0 saturated heterocycles. The van der Waals surface area contributed by atoms with Crippen LogP contribution in [0.5, 0.6) is 5.75 Å². The van der Waals surface area contributed by atoms with Gasteiger partial charge in [0.15, 0.2) is 5.96 Å². The maximum atomic E-state index is 5.74. The van der Waals surface area contributed by atoms with E-state index in [4.69, 9.17) is 4.74 Å². The molecule has 24 heavy (non-hydrogen) atoms. The lowest BCUT2D eigenvalue weighted by atomic mass is 9.93. The van der Waals surface area contributed by atoms with Crippen molar-refractivity contribution in [3.05, 3.63) is 29.3 Å². The van der Waals surface area contributed by atoms with Gasteiger partial charge in [0.05, 0.1) is 6.61 Å². The molecule has 0 amide bonds. The molecule has 0 bridgehead atoms. The van der Waals surface area contributed by atoms with Crippen LogP contribution in [0.3, 0.4) is 0 Å². The first-order valence-corrected chi connectivity index (χ1v) is 8.59. The normalized spacial score (nSPS) is 12.4. The molecule has 0 spiro atoms. The van der Waals surface area contributed by atoms with E-state index >= 15 is 0 Å². The van der Waals surface area contributed by atoms with E-state index < -0.39 is 0 Å². The highest BCUT2D eigenvalue weighted by Crippen LogP contribution is 2.20. The van der Waals surface area contributed by atoms with Gasteiger partial charge >= 0.3 is 0 Å². The number of ether oxygens (including phenoxy) is 1. The van der Waals surface area contributed by atoms with Gasteiger partial charge in [-0.15, -0.1) is 0 Å². The Hall–Kier alpha value is -1.75. The number of hydrogen-bond donors (Lipinski definition) is 2. The first kappa shape index (κ1) is 20.3. The second-order valence-corrected chi connectivity index (χ2v) is 7.23. The molecule has 5 heteroatoms. The van der Waals surface area contributed by atoms with E-state index in [9.17, 15) is 0 Å². The zero-order valence-electron chi connectivity index (χ0n) is 16.4. The Balaban J connectivity index is 2.61. The molecule has 1 rings (SSSR count). The average molecular weight is 335 g/mol. The summed E-state index contributed by atoms with van der Waals surface area (Å²) in [7, 11) is 6.00. The molecule has 136 valence electrons. The zero-order chi connectivity index (χ0) is 18.2. The van der Waals surface area contributed by atoms with E-state index in [0.29, 0.717) is 13.2 Å². The van der Waals surface area contributed by atoms with Crippen LogP contribution in [0.1, 0.15) is 31.9 Å². The molecule has 0 fully saturated rings. The van der Waals surface area contributed by atoms with Gasteiger partial charge in [-0.1, -0.05) is 26.0 Å². The van der Waals surface area contributed by atoms with Gasteiger partial charge in [-0.2, -0.15) is 0 Å². The molecule has 0 aliphatic carbocycles. The summed E-state index contributed by atoms with van der Waals surface area (Å²) in [6, 6.07) is 6.30. The van der Waals surface area contributed by atoms with Crippen LogP contribution in [0.2, 0.25) is 0 Å². The number of hydrogen-bond acceptors (Lipinski definition) is 3. The van der Waals surface area contributed by atoms with Gasteiger partial charge in [-0.05, 0) is 45.0 Å². The predicted molar refractivity (Wildman–Crippen MR) is 103 cm³/mol. The first-order chi connectivity index (χ1) is 11.3. The maximum absolute atomic E-state index is 5.74. The number of nitrogens with one attached hydrogen (secondary N) is 2. The third-order valence-corrected chi connectivity index (χ3v) is 3.67. The highest BCUT2D eigenvalue weighted by molar-refractivity contribution is 5.79. The minimum Gasteiger partial charge on any atom is -0.494 e. The van der Waals surface area contributed by atoms with E-state index in [1.54, 1.807) is 7.05 Å². The van der Waals surface area contributed by atoms with E-state index in [2.05, 4.69) is 73.6 Å². The molecule has 0 saturated carbocycles. The minimum absolute atomic E-state index is 0.168. The van der Waals surface area contributed by atoms with Gasteiger partial charge in [0.2, 0.25) is 0 Å². The van der Waals surface area contributed by atoms with E-state index in [-0.39, 0.29) is 5.41 Å². The summed E-state index contributed by atoms with van der Waals surface area (Å²) in [4.78, 5) is 6.53. The van der Waals surface area contributed by atoms with Crippen LogP contribution in [0.15, 0.2) is 23.2 Å². The summed E-state index contributed by atoms with van der Waals surface area (Å²) in [5.41, 5.74) is 2.51. The van der Waals surface area contributed by atoms with Gasteiger partial charge < -0.3 is 20.3 Å². The third-order valence-electron chi connectivity index (χ3n) is 3.67. The fourth-order valence-electron chi connectivity index (χ4n) is 2.73.